The van der Waals surface area contributed by atoms with Crippen LogP contribution in [0.2, 0.25) is 0 Å². The van der Waals surface area contributed by atoms with Crippen LogP contribution in [0.3, 0.4) is 0 Å². The minimum Gasteiger partial charge on any atom is -0.297 e. The molecule has 0 aliphatic carbocycles. The van der Waals surface area contributed by atoms with Crippen LogP contribution in [0.1, 0.15) is 25.3 Å². The first kappa shape index (κ1) is 10.8. The molecule has 0 saturated carbocycles. The van der Waals surface area contributed by atoms with E-state index < -0.39 is 0 Å². The molecule has 1 heterocycles. The predicted octanol–water partition coefficient (Wildman–Crippen LogP) is 2.14. The molecular formula is C9H13N3OS. The molecule has 1 amide bonds. The molecule has 0 saturated heterocycles. The van der Waals surface area contributed by atoms with Gasteiger partial charge in [0.1, 0.15) is 5.01 Å². The lowest BCUT2D eigenvalue weighted by Crippen LogP contribution is -2.12. The topological polar surface area (TPSA) is 54.9 Å². The Labute approximate surface area is 87.1 Å². The van der Waals surface area contributed by atoms with E-state index in [-0.39, 0.29) is 5.91 Å². The fraction of sp³-hybridized carbons (Fsp3) is 0.444. The van der Waals surface area contributed by atoms with Crippen molar-refractivity contribution in [1.82, 2.24) is 10.2 Å². The molecule has 76 valence electrons. The Morgan fingerprint density at radius 3 is 2.79 bits per heavy atom. The van der Waals surface area contributed by atoms with Gasteiger partial charge in [0, 0.05) is 5.57 Å². The third-order valence-corrected chi connectivity index (χ3v) is 2.37. The standard InChI is InChI=1S/C9H13N3OS/c1-4-5-6(2)8(13)10-9-12-11-7(3)14-9/h5H,4H2,1-3H3,(H,10,12,13). The van der Waals surface area contributed by atoms with E-state index in [1.165, 1.54) is 11.3 Å². The Kier molecular flexibility index (Phi) is 3.76. The summed E-state index contributed by atoms with van der Waals surface area (Å²) in [5.41, 5.74) is 0.709. The van der Waals surface area contributed by atoms with Crippen LogP contribution in [0.5, 0.6) is 0 Å². The number of anilines is 1. The Hall–Kier alpha value is -1.23. The van der Waals surface area contributed by atoms with Crippen LogP contribution in [0.4, 0.5) is 5.13 Å². The van der Waals surface area contributed by atoms with Crippen molar-refractivity contribution in [2.75, 3.05) is 5.32 Å². The van der Waals surface area contributed by atoms with Gasteiger partial charge in [-0.3, -0.25) is 10.1 Å². The second-order valence-electron chi connectivity index (χ2n) is 2.88. The third kappa shape index (κ3) is 2.92. The van der Waals surface area contributed by atoms with E-state index in [1.807, 2.05) is 19.9 Å². The maximum absolute atomic E-state index is 11.5. The lowest BCUT2D eigenvalue weighted by atomic mass is 10.2. The summed E-state index contributed by atoms with van der Waals surface area (Å²) in [5, 5.41) is 11.7. The minimum atomic E-state index is -0.108. The Balaban J connectivity index is 2.61. The smallest absolute Gasteiger partial charge is 0.252 e. The molecule has 0 radical (unpaired) electrons. The molecule has 1 rings (SSSR count). The second kappa shape index (κ2) is 4.85. The van der Waals surface area contributed by atoms with Crippen molar-refractivity contribution in [2.24, 2.45) is 0 Å². The molecule has 1 aromatic rings. The second-order valence-corrected chi connectivity index (χ2v) is 4.06. The van der Waals surface area contributed by atoms with E-state index in [2.05, 4.69) is 15.5 Å². The molecule has 4 nitrogen and oxygen atoms in total. The highest BCUT2D eigenvalue weighted by Crippen LogP contribution is 2.14. The molecule has 0 atom stereocenters. The number of nitrogens with one attached hydrogen (secondary N) is 1. The number of carbonyl (C=O) groups is 1. The van der Waals surface area contributed by atoms with E-state index in [9.17, 15) is 4.79 Å². The summed E-state index contributed by atoms with van der Waals surface area (Å²) in [7, 11) is 0. The van der Waals surface area contributed by atoms with Crippen LogP contribution in [0.15, 0.2) is 11.6 Å². The average molecular weight is 211 g/mol. The van der Waals surface area contributed by atoms with Crippen molar-refractivity contribution >= 4 is 22.4 Å². The SMILES string of the molecule is CCC=C(C)C(=O)Nc1nnc(C)s1. The summed E-state index contributed by atoms with van der Waals surface area (Å²) in [6.07, 6.45) is 2.73. The van der Waals surface area contributed by atoms with Gasteiger partial charge in [-0.2, -0.15) is 0 Å². The van der Waals surface area contributed by atoms with Crippen molar-refractivity contribution in [2.45, 2.75) is 27.2 Å². The van der Waals surface area contributed by atoms with Crippen molar-refractivity contribution in [3.05, 3.63) is 16.7 Å². The van der Waals surface area contributed by atoms with Crippen LogP contribution >= 0.6 is 11.3 Å². The van der Waals surface area contributed by atoms with Gasteiger partial charge in [-0.05, 0) is 20.3 Å². The molecule has 0 aliphatic heterocycles. The molecule has 0 aromatic carbocycles. The molecule has 14 heavy (non-hydrogen) atoms. The van der Waals surface area contributed by atoms with Crippen LogP contribution in [0, 0.1) is 6.92 Å². The molecule has 0 bridgehead atoms. The maximum Gasteiger partial charge on any atom is 0.252 e. The number of amides is 1. The summed E-state index contributed by atoms with van der Waals surface area (Å²) < 4.78 is 0. The van der Waals surface area contributed by atoms with Gasteiger partial charge in [-0.1, -0.05) is 24.3 Å². The minimum absolute atomic E-state index is 0.108. The van der Waals surface area contributed by atoms with Gasteiger partial charge >= 0.3 is 0 Å². The number of aromatic nitrogens is 2. The summed E-state index contributed by atoms with van der Waals surface area (Å²) in [6.45, 7) is 5.63. The van der Waals surface area contributed by atoms with E-state index in [4.69, 9.17) is 0 Å². The number of carbonyl (C=O) groups excluding carboxylic acids is 1. The molecule has 5 heteroatoms. The summed E-state index contributed by atoms with van der Waals surface area (Å²) >= 11 is 1.37. The first-order chi connectivity index (χ1) is 6.63. The lowest BCUT2D eigenvalue weighted by molar-refractivity contribution is -0.112. The number of aryl methyl sites for hydroxylation is 1. The van der Waals surface area contributed by atoms with Crippen LogP contribution < -0.4 is 5.32 Å². The third-order valence-electron chi connectivity index (χ3n) is 1.61. The maximum atomic E-state index is 11.5. The Morgan fingerprint density at radius 2 is 2.29 bits per heavy atom. The van der Waals surface area contributed by atoms with Gasteiger partial charge in [0.05, 0.1) is 0 Å². The van der Waals surface area contributed by atoms with Crippen LogP contribution in [0.25, 0.3) is 0 Å². The summed E-state index contributed by atoms with van der Waals surface area (Å²) in [6, 6.07) is 0. The van der Waals surface area contributed by atoms with Gasteiger partial charge in [-0.15, -0.1) is 10.2 Å². The predicted molar refractivity (Wildman–Crippen MR) is 57.3 cm³/mol. The van der Waals surface area contributed by atoms with Gasteiger partial charge in [0.2, 0.25) is 5.13 Å². The lowest BCUT2D eigenvalue weighted by Gasteiger charge is -1.99. The van der Waals surface area contributed by atoms with Crippen LogP contribution in [-0.2, 0) is 4.79 Å². The van der Waals surface area contributed by atoms with Crippen LogP contribution in [-0.4, -0.2) is 16.1 Å². The normalized spacial score (nSPS) is 11.5. The zero-order valence-corrected chi connectivity index (χ0v) is 9.31. The highest BCUT2D eigenvalue weighted by Gasteiger charge is 2.06. The van der Waals surface area contributed by atoms with Gasteiger partial charge in [-0.25, -0.2) is 0 Å². The van der Waals surface area contributed by atoms with E-state index in [0.29, 0.717) is 10.7 Å². The highest BCUT2D eigenvalue weighted by atomic mass is 32.1. The zero-order chi connectivity index (χ0) is 10.6. The van der Waals surface area contributed by atoms with Gasteiger partial charge < -0.3 is 0 Å². The number of allylic oxidation sites excluding steroid dienone is 1. The zero-order valence-electron chi connectivity index (χ0n) is 8.50. The average Bonchev–Trinajstić information content (AvgIpc) is 2.51. The Bertz CT molecular complexity index is 357. The molecule has 0 fully saturated rings. The largest absolute Gasteiger partial charge is 0.297 e. The van der Waals surface area contributed by atoms with Crippen molar-refractivity contribution < 1.29 is 4.79 Å². The molecule has 1 N–H and O–H groups in total. The van der Waals surface area contributed by atoms with E-state index >= 15 is 0 Å². The molecule has 0 unspecified atom stereocenters. The van der Waals surface area contributed by atoms with Crippen molar-refractivity contribution in [3.8, 4) is 0 Å². The first-order valence-electron chi connectivity index (χ1n) is 4.41. The highest BCUT2D eigenvalue weighted by molar-refractivity contribution is 7.15. The monoisotopic (exact) mass is 211 g/mol. The number of hydrogen-bond donors (Lipinski definition) is 1. The summed E-state index contributed by atoms with van der Waals surface area (Å²) in [4.78, 5) is 11.5. The first-order valence-corrected chi connectivity index (χ1v) is 5.23. The number of hydrogen-bond acceptors (Lipinski definition) is 4. The molecule has 0 spiro atoms. The number of rotatable bonds is 3. The van der Waals surface area contributed by atoms with E-state index in [1.54, 1.807) is 6.92 Å². The fourth-order valence-electron chi connectivity index (χ4n) is 0.942. The molecule has 1 aromatic heterocycles. The molecular weight excluding hydrogens is 198 g/mol. The number of nitrogens with zero attached hydrogens (tertiary/aromatic N) is 2. The quantitative estimate of drug-likeness (QED) is 0.779. The molecule has 0 aliphatic rings. The van der Waals surface area contributed by atoms with Crippen molar-refractivity contribution in [1.29, 1.82) is 0 Å². The Morgan fingerprint density at radius 1 is 1.57 bits per heavy atom. The van der Waals surface area contributed by atoms with Gasteiger partial charge in [0.15, 0.2) is 0 Å². The van der Waals surface area contributed by atoms with Gasteiger partial charge in [0.25, 0.3) is 5.91 Å². The fourth-order valence-corrected chi connectivity index (χ4v) is 1.53. The van der Waals surface area contributed by atoms with Crippen molar-refractivity contribution in [3.63, 3.8) is 0 Å². The van der Waals surface area contributed by atoms with E-state index in [0.717, 1.165) is 11.4 Å². The summed E-state index contributed by atoms with van der Waals surface area (Å²) in [5.74, 6) is -0.108.